The average Bonchev–Trinajstić information content (AvgIpc) is 3.16. The summed E-state index contributed by atoms with van der Waals surface area (Å²) in [6, 6.07) is 53.3. The molecule has 218 valence electrons. The Balaban J connectivity index is 1.45. The van der Waals surface area contributed by atoms with Crippen LogP contribution in [0.4, 0.5) is 0 Å². The van der Waals surface area contributed by atoms with Gasteiger partial charge in [-0.1, -0.05) is 109 Å². The molecule has 0 aliphatic heterocycles. The summed E-state index contributed by atoms with van der Waals surface area (Å²) in [4.78, 5) is 0. The third-order valence-electron chi connectivity index (χ3n) is 8.78. The van der Waals surface area contributed by atoms with E-state index in [0.717, 1.165) is 76.8 Å². The van der Waals surface area contributed by atoms with Crippen molar-refractivity contribution >= 4 is 32.3 Å². The van der Waals surface area contributed by atoms with Gasteiger partial charge in [0, 0.05) is 22.3 Å². The maximum Gasteiger partial charge on any atom is 0.0991 e. The second kappa shape index (κ2) is 12.0. The van der Waals surface area contributed by atoms with Gasteiger partial charge in [0.25, 0.3) is 0 Å². The normalized spacial score (nSPS) is 10.5. The van der Waals surface area contributed by atoms with Gasteiger partial charge in [-0.05, 0) is 115 Å². The van der Waals surface area contributed by atoms with Crippen molar-refractivity contribution in [2.75, 3.05) is 0 Å². The van der Waals surface area contributed by atoms with Crippen LogP contribution in [0.15, 0.2) is 146 Å². The van der Waals surface area contributed by atoms with Crippen molar-refractivity contribution in [3.05, 3.63) is 179 Å². The van der Waals surface area contributed by atoms with Gasteiger partial charge in [-0.3, -0.25) is 0 Å². The minimum atomic E-state index is 0.613. The molecule has 48 heavy (non-hydrogen) atoms. The molecular formula is C46H24N2. The fourth-order valence-corrected chi connectivity index (χ4v) is 6.45. The maximum atomic E-state index is 9.25. The predicted octanol–water partition coefficient (Wildman–Crippen LogP) is 10.5. The molecule has 0 fully saturated rings. The molecule has 2 nitrogen and oxygen atoms in total. The number of nitriles is 2. The molecule has 0 spiro atoms. The second-order valence-electron chi connectivity index (χ2n) is 11.6. The van der Waals surface area contributed by atoms with E-state index in [4.69, 9.17) is 0 Å². The molecule has 0 saturated heterocycles. The van der Waals surface area contributed by atoms with Crippen LogP contribution >= 0.6 is 0 Å². The van der Waals surface area contributed by atoms with E-state index >= 15 is 0 Å². The van der Waals surface area contributed by atoms with Crippen LogP contribution in [0.1, 0.15) is 33.4 Å². The summed E-state index contributed by atoms with van der Waals surface area (Å²) in [5, 5.41) is 25.3. The van der Waals surface area contributed by atoms with Crippen molar-refractivity contribution in [1.29, 1.82) is 10.5 Å². The Bertz CT molecular complexity index is 2510. The lowest BCUT2D eigenvalue weighted by Gasteiger charge is -2.19. The first-order valence-electron chi connectivity index (χ1n) is 15.6. The Labute approximate surface area is 279 Å². The van der Waals surface area contributed by atoms with E-state index in [1.807, 2.05) is 36.4 Å². The molecule has 0 N–H and O–H groups in total. The number of rotatable bonds is 2. The molecule has 0 aliphatic carbocycles. The SMILES string of the molecule is N#Cc1ccc(C#Cc2cc(-c3ccccc3)c3ccc4c(-c5ccccc5)cc(C#Cc5ccc(C#N)cc5)c5ccc2c3c54)cc1. The first kappa shape index (κ1) is 28.4. The Hall–Kier alpha value is -7.10. The van der Waals surface area contributed by atoms with Gasteiger partial charge < -0.3 is 0 Å². The van der Waals surface area contributed by atoms with E-state index < -0.39 is 0 Å². The molecule has 0 radical (unpaired) electrons. The van der Waals surface area contributed by atoms with Crippen molar-refractivity contribution in [2.24, 2.45) is 0 Å². The van der Waals surface area contributed by atoms with E-state index in [-0.39, 0.29) is 0 Å². The summed E-state index contributed by atoms with van der Waals surface area (Å²) in [6.45, 7) is 0. The largest absolute Gasteiger partial charge is 0.192 e. The Morgan fingerprint density at radius 2 is 0.688 bits per heavy atom. The van der Waals surface area contributed by atoms with Gasteiger partial charge in [-0.2, -0.15) is 10.5 Å². The van der Waals surface area contributed by atoms with Gasteiger partial charge in [-0.25, -0.2) is 0 Å². The van der Waals surface area contributed by atoms with Gasteiger partial charge in [-0.15, -0.1) is 0 Å². The number of hydrogen-bond donors (Lipinski definition) is 0. The molecule has 8 rings (SSSR count). The van der Waals surface area contributed by atoms with E-state index in [2.05, 4.69) is 121 Å². The highest BCUT2D eigenvalue weighted by molar-refractivity contribution is 6.29. The summed E-state index contributed by atoms with van der Waals surface area (Å²) in [5.41, 5.74) is 9.31. The Kier molecular flexibility index (Phi) is 7.10. The molecule has 0 unspecified atom stereocenters. The fraction of sp³-hybridized carbons (Fsp3) is 0. The van der Waals surface area contributed by atoms with Gasteiger partial charge in [0.2, 0.25) is 0 Å². The molecule has 0 aromatic heterocycles. The highest BCUT2D eigenvalue weighted by atomic mass is 14.2. The fourth-order valence-electron chi connectivity index (χ4n) is 6.45. The summed E-state index contributed by atoms with van der Waals surface area (Å²) in [6.07, 6.45) is 0. The van der Waals surface area contributed by atoms with Gasteiger partial charge >= 0.3 is 0 Å². The topological polar surface area (TPSA) is 47.6 Å². The van der Waals surface area contributed by atoms with Crippen LogP contribution in [0.2, 0.25) is 0 Å². The molecule has 0 saturated carbocycles. The molecule has 0 bridgehead atoms. The van der Waals surface area contributed by atoms with Crippen LogP contribution < -0.4 is 0 Å². The quantitative estimate of drug-likeness (QED) is 0.146. The van der Waals surface area contributed by atoms with Crippen molar-refractivity contribution in [1.82, 2.24) is 0 Å². The molecule has 8 aromatic carbocycles. The van der Waals surface area contributed by atoms with Crippen molar-refractivity contribution in [3.63, 3.8) is 0 Å². The smallest absolute Gasteiger partial charge is 0.0991 e. The lowest BCUT2D eigenvalue weighted by atomic mass is 9.84. The summed E-state index contributed by atoms with van der Waals surface area (Å²) >= 11 is 0. The van der Waals surface area contributed by atoms with Gasteiger partial charge in [0.1, 0.15) is 0 Å². The number of nitrogens with zero attached hydrogens (tertiary/aromatic N) is 2. The first-order valence-corrected chi connectivity index (χ1v) is 15.6. The first-order chi connectivity index (χ1) is 23.7. The van der Waals surface area contributed by atoms with Crippen LogP contribution in [0.25, 0.3) is 54.6 Å². The van der Waals surface area contributed by atoms with Crippen LogP contribution in [0, 0.1) is 46.3 Å². The second-order valence-corrected chi connectivity index (χ2v) is 11.6. The zero-order valence-corrected chi connectivity index (χ0v) is 25.8. The molecule has 2 heteroatoms. The van der Waals surface area contributed by atoms with Gasteiger partial charge in [0.15, 0.2) is 0 Å². The zero-order valence-electron chi connectivity index (χ0n) is 25.8. The van der Waals surface area contributed by atoms with E-state index in [9.17, 15) is 10.5 Å². The van der Waals surface area contributed by atoms with Crippen LogP contribution in [0.3, 0.4) is 0 Å². The minimum Gasteiger partial charge on any atom is -0.192 e. The lowest BCUT2D eigenvalue weighted by molar-refractivity contribution is 1.48. The monoisotopic (exact) mass is 604 g/mol. The van der Waals surface area contributed by atoms with E-state index in [1.165, 1.54) is 0 Å². The molecule has 0 heterocycles. The minimum absolute atomic E-state index is 0.613. The third-order valence-corrected chi connectivity index (χ3v) is 8.78. The van der Waals surface area contributed by atoms with Crippen molar-refractivity contribution in [3.8, 4) is 58.1 Å². The summed E-state index contributed by atoms with van der Waals surface area (Å²) in [5.74, 6) is 13.7. The van der Waals surface area contributed by atoms with Gasteiger partial charge in [0.05, 0.1) is 23.3 Å². The molecule has 0 atom stereocenters. The Morgan fingerprint density at radius 1 is 0.333 bits per heavy atom. The summed E-state index contributed by atoms with van der Waals surface area (Å²) < 4.78 is 0. The van der Waals surface area contributed by atoms with Crippen molar-refractivity contribution < 1.29 is 0 Å². The van der Waals surface area contributed by atoms with E-state index in [1.54, 1.807) is 24.3 Å². The zero-order chi connectivity index (χ0) is 32.5. The van der Waals surface area contributed by atoms with Crippen molar-refractivity contribution in [2.45, 2.75) is 0 Å². The highest BCUT2D eigenvalue weighted by Crippen LogP contribution is 2.44. The molecule has 0 amide bonds. The number of hydrogen-bond acceptors (Lipinski definition) is 2. The van der Waals surface area contributed by atoms with E-state index in [0.29, 0.717) is 11.1 Å². The highest BCUT2D eigenvalue weighted by Gasteiger charge is 2.19. The number of benzene rings is 8. The van der Waals surface area contributed by atoms with Crippen LogP contribution in [-0.2, 0) is 0 Å². The molecular weight excluding hydrogens is 581 g/mol. The standard InChI is InChI=1S/C46H24N2/c47-29-33-15-11-31(12-16-33)19-21-37-27-43(35-7-3-1-4-8-35)41-25-26-42-44(36-9-5-2-6-10-36)28-38(40-24-23-39(37)45(41)46(40)42)22-20-32-13-17-34(30-48)18-14-32/h1-18,23-28H. The molecule has 8 aromatic rings. The third kappa shape index (κ3) is 5.08. The predicted molar refractivity (Wildman–Crippen MR) is 195 cm³/mol. The average molecular weight is 605 g/mol. The Morgan fingerprint density at radius 3 is 1.06 bits per heavy atom. The molecule has 0 aliphatic rings. The van der Waals surface area contributed by atoms with Crippen LogP contribution in [-0.4, -0.2) is 0 Å². The lowest BCUT2D eigenvalue weighted by Crippen LogP contribution is -1.94. The van der Waals surface area contributed by atoms with Crippen LogP contribution in [0.5, 0.6) is 0 Å². The summed E-state index contributed by atoms with van der Waals surface area (Å²) in [7, 11) is 0. The maximum absolute atomic E-state index is 9.25.